The number of anilines is 1. The topological polar surface area (TPSA) is 52.9 Å². The maximum atomic E-state index is 11.5. The van der Waals surface area contributed by atoms with Gasteiger partial charge in [0.05, 0.1) is 11.6 Å². The lowest BCUT2D eigenvalue weighted by atomic mass is 9.86. The quantitative estimate of drug-likeness (QED) is 0.777. The molecule has 1 heterocycles. The zero-order valence-corrected chi connectivity index (χ0v) is 8.86. The van der Waals surface area contributed by atoms with E-state index < -0.39 is 0 Å². The lowest BCUT2D eigenvalue weighted by Crippen LogP contribution is -2.23. The van der Waals surface area contributed by atoms with Crippen molar-refractivity contribution in [3.8, 4) is 6.07 Å². The highest BCUT2D eigenvalue weighted by Gasteiger charge is 2.37. The Labute approximate surface area is 94.1 Å². The van der Waals surface area contributed by atoms with Crippen molar-refractivity contribution < 1.29 is 4.79 Å². The maximum absolute atomic E-state index is 11.5. The van der Waals surface area contributed by atoms with Gasteiger partial charge in [-0.3, -0.25) is 4.79 Å². The summed E-state index contributed by atoms with van der Waals surface area (Å²) in [6.45, 7) is 0. The number of rotatable bonds is 1. The summed E-state index contributed by atoms with van der Waals surface area (Å²) in [5.74, 6) is 1.09. The average molecular weight is 212 g/mol. The summed E-state index contributed by atoms with van der Waals surface area (Å²) in [7, 11) is 0. The Morgan fingerprint density at radius 1 is 1.38 bits per heavy atom. The number of benzene rings is 1. The average Bonchev–Trinajstić information content (AvgIpc) is 3.11. The number of nitrogens with one attached hydrogen (secondary N) is 1. The summed E-state index contributed by atoms with van der Waals surface area (Å²) in [5, 5.41) is 11.8. The molecular formula is C13H12N2O. The van der Waals surface area contributed by atoms with Crippen molar-refractivity contribution in [2.75, 3.05) is 5.32 Å². The van der Waals surface area contributed by atoms with Crippen molar-refractivity contribution in [1.29, 1.82) is 5.26 Å². The molecule has 1 unspecified atom stereocenters. The molecule has 1 saturated carbocycles. The molecule has 0 saturated heterocycles. The van der Waals surface area contributed by atoms with E-state index in [1.807, 2.05) is 12.1 Å². The van der Waals surface area contributed by atoms with Gasteiger partial charge in [-0.1, -0.05) is 0 Å². The molecule has 1 N–H and O–H groups in total. The molecule has 3 nitrogen and oxygen atoms in total. The van der Waals surface area contributed by atoms with E-state index in [0.29, 0.717) is 23.8 Å². The van der Waals surface area contributed by atoms with Gasteiger partial charge in [0.2, 0.25) is 5.91 Å². The van der Waals surface area contributed by atoms with Crippen LogP contribution in [0.25, 0.3) is 0 Å². The number of amides is 1. The fourth-order valence-electron chi connectivity index (χ4n) is 2.48. The first-order chi connectivity index (χ1) is 7.78. The second-order valence-corrected chi connectivity index (χ2v) is 4.61. The molecule has 1 fully saturated rings. The minimum absolute atomic E-state index is 0.106. The monoisotopic (exact) mass is 212 g/mol. The SMILES string of the molecule is N#Cc1ccc2c(c1)C(C1CC1)CC(=O)N2. The summed E-state index contributed by atoms with van der Waals surface area (Å²) in [4.78, 5) is 11.5. The number of hydrogen-bond acceptors (Lipinski definition) is 2. The van der Waals surface area contributed by atoms with Gasteiger partial charge in [0.15, 0.2) is 0 Å². The van der Waals surface area contributed by atoms with Crippen LogP contribution in [0.15, 0.2) is 18.2 Å². The van der Waals surface area contributed by atoms with Crippen LogP contribution in [0.1, 0.15) is 36.3 Å². The molecule has 3 rings (SSSR count). The Bertz CT molecular complexity index is 497. The fourth-order valence-corrected chi connectivity index (χ4v) is 2.48. The van der Waals surface area contributed by atoms with E-state index in [2.05, 4.69) is 11.4 Å². The van der Waals surface area contributed by atoms with Crippen LogP contribution in [-0.4, -0.2) is 5.91 Å². The third-order valence-corrected chi connectivity index (χ3v) is 3.45. The van der Waals surface area contributed by atoms with Gasteiger partial charge in [-0.15, -0.1) is 0 Å². The van der Waals surface area contributed by atoms with Crippen LogP contribution in [0.5, 0.6) is 0 Å². The van der Waals surface area contributed by atoms with Crippen LogP contribution in [0.2, 0.25) is 0 Å². The van der Waals surface area contributed by atoms with Gasteiger partial charge in [-0.2, -0.15) is 5.26 Å². The molecule has 80 valence electrons. The number of hydrogen-bond donors (Lipinski definition) is 1. The molecule has 1 aliphatic heterocycles. The van der Waals surface area contributed by atoms with E-state index in [4.69, 9.17) is 5.26 Å². The summed E-state index contributed by atoms with van der Waals surface area (Å²) in [5.41, 5.74) is 2.73. The van der Waals surface area contributed by atoms with Crippen molar-refractivity contribution in [1.82, 2.24) is 0 Å². The molecule has 1 aromatic carbocycles. The fraction of sp³-hybridized carbons (Fsp3) is 0.385. The first-order valence-electron chi connectivity index (χ1n) is 5.62. The largest absolute Gasteiger partial charge is 0.326 e. The number of fused-ring (bicyclic) bond motifs is 1. The third kappa shape index (κ3) is 1.47. The predicted octanol–water partition coefficient (Wildman–Crippen LogP) is 2.39. The van der Waals surface area contributed by atoms with E-state index in [0.717, 1.165) is 11.3 Å². The van der Waals surface area contributed by atoms with E-state index in [1.165, 1.54) is 12.8 Å². The van der Waals surface area contributed by atoms with E-state index >= 15 is 0 Å². The number of carbonyl (C=O) groups is 1. The molecule has 3 heteroatoms. The normalized spacial score (nSPS) is 23.2. The Kier molecular flexibility index (Phi) is 1.97. The number of carbonyl (C=O) groups excluding carboxylic acids is 1. The number of nitrogens with zero attached hydrogens (tertiary/aromatic N) is 1. The highest BCUT2D eigenvalue weighted by Crippen LogP contribution is 2.48. The van der Waals surface area contributed by atoms with Crippen LogP contribution in [0.4, 0.5) is 5.69 Å². The van der Waals surface area contributed by atoms with Gasteiger partial charge in [-0.05, 0) is 48.4 Å². The van der Waals surface area contributed by atoms with Crippen molar-refractivity contribution >= 4 is 11.6 Å². The van der Waals surface area contributed by atoms with Gasteiger partial charge in [0.1, 0.15) is 0 Å². The Morgan fingerprint density at radius 2 is 2.19 bits per heavy atom. The van der Waals surface area contributed by atoms with Crippen molar-refractivity contribution in [3.63, 3.8) is 0 Å². The molecule has 1 atom stereocenters. The van der Waals surface area contributed by atoms with Crippen molar-refractivity contribution in [3.05, 3.63) is 29.3 Å². The second kappa shape index (κ2) is 3.34. The summed E-state index contributed by atoms with van der Waals surface area (Å²) in [6.07, 6.45) is 3.01. The minimum Gasteiger partial charge on any atom is -0.326 e. The van der Waals surface area contributed by atoms with E-state index in [9.17, 15) is 4.79 Å². The smallest absolute Gasteiger partial charge is 0.225 e. The standard InChI is InChI=1S/C13H12N2O/c14-7-8-1-4-12-11(5-8)10(9-2-3-9)6-13(16)15-12/h1,4-5,9-10H,2-3,6H2,(H,15,16). The lowest BCUT2D eigenvalue weighted by Gasteiger charge is -2.25. The molecule has 1 amide bonds. The highest BCUT2D eigenvalue weighted by molar-refractivity contribution is 5.95. The van der Waals surface area contributed by atoms with Crippen LogP contribution >= 0.6 is 0 Å². The number of nitriles is 1. The van der Waals surface area contributed by atoms with Gasteiger partial charge < -0.3 is 5.32 Å². The molecule has 1 aromatic rings. The molecule has 1 aliphatic carbocycles. The van der Waals surface area contributed by atoms with E-state index in [-0.39, 0.29) is 5.91 Å². The molecule has 0 radical (unpaired) electrons. The van der Waals surface area contributed by atoms with Gasteiger partial charge in [0, 0.05) is 12.1 Å². The van der Waals surface area contributed by atoms with Crippen LogP contribution < -0.4 is 5.32 Å². The Morgan fingerprint density at radius 3 is 2.88 bits per heavy atom. The molecular weight excluding hydrogens is 200 g/mol. The maximum Gasteiger partial charge on any atom is 0.225 e. The second-order valence-electron chi connectivity index (χ2n) is 4.61. The lowest BCUT2D eigenvalue weighted by molar-refractivity contribution is -0.117. The first kappa shape index (κ1) is 9.41. The summed E-state index contributed by atoms with van der Waals surface area (Å²) < 4.78 is 0. The molecule has 2 aliphatic rings. The zero-order chi connectivity index (χ0) is 11.1. The van der Waals surface area contributed by atoms with E-state index in [1.54, 1.807) is 6.07 Å². The van der Waals surface area contributed by atoms with Gasteiger partial charge >= 0.3 is 0 Å². The molecule has 16 heavy (non-hydrogen) atoms. The Hall–Kier alpha value is -1.82. The summed E-state index contributed by atoms with van der Waals surface area (Å²) in [6, 6.07) is 7.69. The zero-order valence-electron chi connectivity index (χ0n) is 8.86. The first-order valence-corrected chi connectivity index (χ1v) is 5.62. The third-order valence-electron chi connectivity index (χ3n) is 3.45. The minimum atomic E-state index is 0.106. The van der Waals surface area contributed by atoms with Crippen molar-refractivity contribution in [2.24, 2.45) is 5.92 Å². The highest BCUT2D eigenvalue weighted by atomic mass is 16.1. The summed E-state index contributed by atoms with van der Waals surface area (Å²) >= 11 is 0. The van der Waals surface area contributed by atoms with Crippen LogP contribution in [0.3, 0.4) is 0 Å². The predicted molar refractivity (Wildman–Crippen MR) is 59.9 cm³/mol. The van der Waals surface area contributed by atoms with Gasteiger partial charge in [-0.25, -0.2) is 0 Å². The van der Waals surface area contributed by atoms with Gasteiger partial charge in [0.25, 0.3) is 0 Å². The Balaban J connectivity index is 2.07. The van der Waals surface area contributed by atoms with Crippen molar-refractivity contribution in [2.45, 2.75) is 25.2 Å². The molecule has 0 aromatic heterocycles. The van der Waals surface area contributed by atoms with Crippen LogP contribution in [-0.2, 0) is 4.79 Å². The van der Waals surface area contributed by atoms with Crippen LogP contribution in [0, 0.1) is 17.2 Å². The molecule has 0 bridgehead atoms. The molecule has 0 spiro atoms.